The van der Waals surface area contributed by atoms with Gasteiger partial charge in [-0.2, -0.15) is 0 Å². The molecule has 2 fully saturated rings. The molecule has 1 unspecified atom stereocenters. The van der Waals surface area contributed by atoms with Gasteiger partial charge in [-0.1, -0.05) is 67.6 Å². The number of hydrogen-bond donors (Lipinski definition) is 5. The first kappa shape index (κ1) is 44.3. The number of likely N-dealkylation sites (tertiary alicyclic amines) is 1. The fourth-order valence-electron chi connectivity index (χ4n) is 8.17. The molecule has 5 amide bonds. The van der Waals surface area contributed by atoms with Crippen LogP contribution in [-0.4, -0.2) is 102 Å². The van der Waals surface area contributed by atoms with E-state index in [1.54, 1.807) is 38.2 Å². The number of fused-ring (bicyclic) bond motifs is 1. The molecule has 18 heteroatoms. The van der Waals surface area contributed by atoms with E-state index in [2.05, 4.69) is 36.2 Å². The molecule has 6 rings (SSSR count). The first-order valence-corrected chi connectivity index (χ1v) is 20.8. The van der Waals surface area contributed by atoms with Crippen molar-refractivity contribution >= 4 is 46.4 Å². The van der Waals surface area contributed by atoms with Crippen LogP contribution < -0.4 is 21.7 Å². The van der Waals surface area contributed by atoms with E-state index in [1.807, 2.05) is 30.3 Å². The van der Waals surface area contributed by atoms with E-state index in [4.69, 9.17) is 10.5 Å². The Morgan fingerprint density at radius 1 is 0.934 bits per heavy atom. The molecule has 4 heterocycles. The number of aromatic nitrogens is 5. The number of Topliss-reactive ketones (excluding diaryl/α,β-unsaturated/α-hetero) is 1. The van der Waals surface area contributed by atoms with Crippen LogP contribution in [-0.2, 0) is 36.1 Å². The lowest BCUT2D eigenvalue weighted by Gasteiger charge is -2.32. The second-order valence-electron chi connectivity index (χ2n) is 16.3. The van der Waals surface area contributed by atoms with Gasteiger partial charge in [0.2, 0.25) is 17.6 Å². The number of nitrogens with zero attached hydrogens (tertiary/aromatic N) is 6. The van der Waals surface area contributed by atoms with E-state index >= 15 is 0 Å². The van der Waals surface area contributed by atoms with Gasteiger partial charge in [0.25, 0.3) is 11.8 Å². The summed E-state index contributed by atoms with van der Waals surface area (Å²) in [5.74, 6) is -3.94. The van der Waals surface area contributed by atoms with Crippen LogP contribution in [0, 0.1) is 5.92 Å². The summed E-state index contributed by atoms with van der Waals surface area (Å²) in [5.41, 5.74) is 5.90. The SMILES string of the molecule is CC(C)(O)c1cnnn1[C@H]1C[C@@H](C(=O)NC(CCCCNC(=O)OCc2ccccc2)C(=O)C(N)=O)N(C(=O)[C@@H](CC2CCCCC2)NC(=O)c2nccc3ncccc23)C1. The lowest BCUT2D eigenvalue weighted by molar-refractivity contribution is -0.142. The average molecular weight is 839 g/mol. The van der Waals surface area contributed by atoms with Crippen molar-refractivity contribution in [2.24, 2.45) is 11.7 Å². The van der Waals surface area contributed by atoms with E-state index < -0.39 is 65.3 Å². The average Bonchev–Trinajstić information content (AvgIpc) is 3.94. The standard InChI is InChI=1S/C43H54N10O8/c1-43(2,60)35-24-48-51-53(35)29-23-34(39(56)49-32(37(54)38(44)55)17-9-10-19-47-42(59)61-26-28-14-7-4-8-15-28)52(25-29)41(58)33(22-27-12-5-3-6-13-27)50-40(57)36-30-16-11-20-45-31(30)18-21-46-36/h4,7-8,11,14-16,18,20-21,24,27,29,32-34,60H,3,5-6,9-10,12-13,17,19,22-23,25-26H2,1-2H3,(H2,44,55)(H,47,59)(H,49,56)(H,50,57)/t29-,32?,33+,34-/m0/s1. The molecule has 324 valence electrons. The Morgan fingerprint density at radius 2 is 1.70 bits per heavy atom. The fourth-order valence-corrected chi connectivity index (χ4v) is 8.17. The van der Waals surface area contributed by atoms with Gasteiger partial charge in [0, 0.05) is 37.3 Å². The number of rotatable bonds is 18. The highest BCUT2D eigenvalue weighted by Gasteiger charge is 2.45. The molecule has 0 spiro atoms. The Kier molecular flexibility index (Phi) is 14.7. The molecule has 2 aliphatic rings. The highest BCUT2D eigenvalue weighted by atomic mass is 16.5. The lowest BCUT2D eigenvalue weighted by Crippen LogP contribution is -2.56. The summed E-state index contributed by atoms with van der Waals surface area (Å²) in [6, 6.07) is 10.1. The highest BCUT2D eigenvalue weighted by Crippen LogP contribution is 2.34. The zero-order chi connectivity index (χ0) is 43.5. The number of primary amides is 1. The molecule has 1 saturated heterocycles. The van der Waals surface area contributed by atoms with E-state index in [-0.39, 0.29) is 44.1 Å². The minimum absolute atomic E-state index is 0.0111. The number of ketones is 1. The summed E-state index contributed by atoms with van der Waals surface area (Å²) in [6.07, 6.45) is 9.71. The van der Waals surface area contributed by atoms with Crippen molar-refractivity contribution in [2.45, 2.75) is 114 Å². The zero-order valence-corrected chi connectivity index (χ0v) is 34.5. The first-order chi connectivity index (χ1) is 29.3. The summed E-state index contributed by atoms with van der Waals surface area (Å²) < 4.78 is 6.72. The van der Waals surface area contributed by atoms with Crippen LogP contribution in [0.1, 0.15) is 106 Å². The summed E-state index contributed by atoms with van der Waals surface area (Å²) in [4.78, 5) is 90.9. The number of pyridine rings is 2. The van der Waals surface area contributed by atoms with Gasteiger partial charge in [0.15, 0.2) is 0 Å². The van der Waals surface area contributed by atoms with E-state index in [9.17, 15) is 33.9 Å². The molecule has 3 aromatic heterocycles. The van der Waals surface area contributed by atoms with Crippen molar-refractivity contribution in [2.75, 3.05) is 13.1 Å². The summed E-state index contributed by atoms with van der Waals surface area (Å²) in [7, 11) is 0. The summed E-state index contributed by atoms with van der Waals surface area (Å²) in [6.45, 7) is 3.39. The van der Waals surface area contributed by atoms with Crippen LogP contribution in [0.25, 0.3) is 10.9 Å². The second-order valence-corrected chi connectivity index (χ2v) is 16.3. The van der Waals surface area contributed by atoms with Crippen molar-refractivity contribution in [3.63, 3.8) is 0 Å². The van der Waals surface area contributed by atoms with E-state index in [0.717, 1.165) is 37.7 Å². The Hall–Kier alpha value is -6.30. The van der Waals surface area contributed by atoms with E-state index in [0.29, 0.717) is 35.9 Å². The number of hydrogen-bond acceptors (Lipinski definition) is 12. The molecule has 61 heavy (non-hydrogen) atoms. The van der Waals surface area contributed by atoms with Crippen LogP contribution in [0.2, 0.25) is 0 Å². The third kappa shape index (κ3) is 11.5. The Bertz CT molecular complexity index is 2180. The number of aliphatic hydroxyl groups is 1. The number of carbonyl (C=O) groups is 6. The zero-order valence-electron chi connectivity index (χ0n) is 34.5. The topological polar surface area (TPSA) is 254 Å². The maximum atomic E-state index is 14.9. The number of unbranched alkanes of at least 4 members (excludes halogenated alkanes) is 1. The van der Waals surface area contributed by atoms with Crippen molar-refractivity contribution in [3.05, 3.63) is 84.1 Å². The molecule has 0 radical (unpaired) electrons. The maximum Gasteiger partial charge on any atom is 0.407 e. The van der Waals surface area contributed by atoms with Gasteiger partial charge in [-0.05, 0) is 69.2 Å². The predicted molar refractivity (Wildman–Crippen MR) is 221 cm³/mol. The Balaban J connectivity index is 1.20. The third-order valence-electron chi connectivity index (χ3n) is 11.3. The maximum absolute atomic E-state index is 14.9. The predicted octanol–water partition coefficient (Wildman–Crippen LogP) is 3.00. The molecule has 1 aromatic carbocycles. The van der Waals surface area contributed by atoms with Gasteiger partial charge in [0.05, 0.1) is 29.5 Å². The van der Waals surface area contributed by atoms with Crippen molar-refractivity contribution in [3.8, 4) is 0 Å². The number of nitrogens with two attached hydrogens (primary N) is 1. The fraction of sp³-hybridized carbons (Fsp3) is 0.488. The van der Waals surface area contributed by atoms with Gasteiger partial charge in [-0.3, -0.25) is 33.9 Å². The van der Waals surface area contributed by atoms with Gasteiger partial charge >= 0.3 is 6.09 Å². The molecule has 4 atom stereocenters. The Labute approximate surface area is 353 Å². The summed E-state index contributed by atoms with van der Waals surface area (Å²) in [5, 5.41) is 28.0. The van der Waals surface area contributed by atoms with E-state index in [1.165, 1.54) is 22.0 Å². The number of carbonyl (C=O) groups excluding carboxylic acids is 6. The molecular weight excluding hydrogens is 785 g/mol. The van der Waals surface area contributed by atoms with Crippen LogP contribution in [0.3, 0.4) is 0 Å². The van der Waals surface area contributed by atoms with Gasteiger partial charge in [-0.25, -0.2) is 9.48 Å². The van der Waals surface area contributed by atoms with Crippen LogP contribution in [0.4, 0.5) is 4.79 Å². The van der Waals surface area contributed by atoms with Gasteiger partial charge < -0.3 is 36.4 Å². The molecule has 0 bridgehead atoms. The number of ether oxygens (including phenoxy) is 1. The number of benzene rings is 1. The van der Waals surface area contributed by atoms with Crippen molar-refractivity contribution < 1.29 is 38.6 Å². The van der Waals surface area contributed by atoms with Crippen molar-refractivity contribution in [1.82, 2.24) is 45.8 Å². The number of nitrogens with one attached hydrogen (secondary N) is 3. The van der Waals surface area contributed by atoms with Crippen LogP contribution in [0.5, 0.6) is 0 Å². The van der Waals surface area contributed by atoms with Gasteiger partial charge in [0.1, 0.15) is 30.0 Å². The normalized spacial score (nSPS) is 17.9. The molecule has 6 N–H and O–H groups in total. The molecule has 1 saturated carbocycles. The second kappa shape index (κ2) is 20.3. The molecule has 1 aliphatic heterocycles. The number of alkyl carbamates (subject to hydrolysis) is 1. The highest BCUT2D eigenvalue weighted by molar-refractivity contribution is 6.37. The molecule has 18 nitrogen and oxygen atoms in total. The largest absolute Gasteiger partial charge is 0.445 e. The minimum atomic E-state index is -1.37. The first-order valence-electron chi connectivity index (χ1n) is 20.8. The minimum Gasteiger partial charge on any atom is -0.445 e. The Morgan fingerprint density at radius 3 is 2.44 bits per heavy atom. The molecule has 4 aromatic rings. The van der Waals surface area contributed by atoms with Gasteiger partial charge in [-0.15, -0.1) is 5.10 Å². The van der Waals surface area contributed by atoms with Crippen LogP contribution >= 0.6 is 0 Å². The summed E-state index contributed by atoms with van der Waals surface area (Å²) >= 11 is 0. The quantitative estimate of drug-likeness (QED) is 0.0717. The van der Waals surface area contributed by atoms with Crippen LogP contribution in [0.15, 0.2) is 67.1 Å². The smallest absolute Gasteiger partial charge is 0.407 e. The number of amides is 5. The molecular formula is C43H54N10O8. The molecule has 1 aliphatic carbocycles. The monoisotopic (exact) mass is 838 g/mol. The third-order valence-corrected chi connectivity index (χ3v) is 11.3. The van der Waals surface area contributed by atoms with Crippen molar-refractivity contribution in [1.29, 1.82) is 0 Å². The lowest BCUT2D eigenvalue weighted by atomic mass is 9.84.